The van der Waals surface area contributed by atoms with Crippen molar-refractivity contribution in [3.8, 4) is 17.3 Å². The molecule has 0 radical (unpaired) electrons. The Hall–Kier alpha value is -3.23. The number of fused-ring (bicyclic) bond motifs is 1. The van der Waals surface area contributed by atoms with Gasteiger partial charge in [-0.25, -0.2) is 15.0 Å². The number of halogens is 3. The molecule has 0 bridgehead atoms. The molecule has 140 valence electrons. The van der Waals surface area contributed by atoms with Gasteiger partial charge in [0.05, 0.1) is 35.7 Å². The number of nitrogens with zero attached hydrogens (tertiary/aromatic N) is 4. The molecule has 0 spiro atoms. The van der Waals surface area contributed by atoms with Crippen LogP contribution in [0, 0.1) is 11.3 Å². The van der Waals surface area contributed by atoms with Crippen LogP contribution in [-0.2, 0) is 6.18 Å². The Morgan fingerprint density at radius 1 is 1.30 bits per heavy atom. The third kappa shape index (κ3) is 3.81. The van der Waals surface area contributed by atoms with Crippen LogP contribution in [0.25, 0.3) is 22.3 Å². The van der Waals surface area contributed by atoms with Crippen LogP contribution in [0.2, 0.25) is 0 Å². The van der Waals surface area contributed by atoms with Crippen molar-refractivity contribution in [2.24, 2.45) is 0 Å². The molecule has 0 aliphatic rings. The number of aromatic amines is 1. The molecule has 0 saturated carbocycles. The van der Waals surface area contributed by atoms with Gasteiger partial charge in [0, 0.05) is 29.9 Å². The topological polar surface area (TPSA) is 131 Å². The van der Waals surface area contributed by atoms with E-state index in [2.05, 4.69) is 25.3 Å². The summed E-state index contributed by atoms with van der Waals surface area (Å²) in [6.45, 7) is -0.514. The number of aliphatic hydroxyl groups is 2. The van der Waals surface area contributed by atoms with Crippen LogP contribution in [0.3, 0.4) is 0 Å². The number of nitrogens with one attached hydrogen (secondary N) is 2. The summed E-state index contributed by atoms with van der Waals surface area (Å²) in [6, 6.07) is 2.83. The molecule has 0 amide bonds. The van der Waals surface area contributed by atoms with Crippen LogP contribution in [-0.4, -0.2) is 49.4 Å². The molecular formula is C16H13F3N6O2. The maximum atomic E-state index is 13.0. The first kappa shape index (κ1) is 18.6. The maximum Gasteiger partial charge on any atom is 0.417 e. The van der Waals surface area contributed by atoms with Gasteiger partial charge in [-0.05, 0) is 6.07 Å². The zero-order chi connectivity index (χ0) is 19.6. The zero-order valence-electron chi connectivity index (χ0n) is 13.6. The summed E-state index contributed by atoms with van der Waals surface area (Å²) in [7, 11) is 0. The molecule has 8 nitrogen and oxygen atoms in total. The van der Waals surface area contributed by atoms with Gasteiger partial charge < -0.3 is 20.5 Å². The molecule has 3 heterocycles. The van der Waals surface area contributed by atoms with E-state index in [1.165, 1.54) is 12.4 Å². The van der Waals surface area contributed by atoms with Crippen molar-refractivity contribution >= 4 is 17.0 Å². The van der Waals surface area contributed by atoms with E-state index in [0.717, 1.165) is 12.3 Å². The minimum atomic E-state index is -4.56. The van der Waals surface area contributed by atoms with Crippen molar-refractivity contribution in [1.82, 2.24) is 19.9 Å². The average molecular weight is 378 g/mol. The van der Waals surface area contributed by atoms with Gasteiger partial charge in [0.2, 0.25) is 5.95 Å². The van der Waals surface area contributed by atoms with Crippen molar-refractivity contribution in [2.45, 2.75) is 12.3 Å². The molecule has 0 saturated heterocycles. The fourth-order valence-electron chi connectivity index (χ4n) is 2.38. The minimum absolute atomic E-state index is 0.0461. The monoisotopic (exact) mass is 378 g/mol. The minimum Gasteiger partial charge on any atom is -0.394 e. The summed E-state index contributed by atoms with van der Waals surface area (Å²) in [6.07, 6.45) is -2.26. The lowest BCUT2D eigenvalue weighted by Gasteiger charge is -2.10. The summed E-state index contributed by atoms with van der Waals surface area (Å²) in [5.74, 6) is 0.0470. The average Bonchev–Trinajstić information content (AvgIpc) is 3.08. The highest BCUT2D eigenvalue weighted by Crippen LogP contribution is 2.34. The third-order valence-electron chi connectivity index (χ3n) is 3.73. The number of alkyl halides is 3. The van der Waals surface area contributed by atoms with Crippen LogP contribution < -0.4 is 5.32 Å². The molecule has 0 aliphatic carbocycles. The van der Waals surface area contributed by atoms with E-state index < -0.39 is 24.5 Å². The van der Waals surface area contributed by atoms with E-state index in [4.69, 9.17) is 5.11 Å². The Labute approximate surface area is 150 Å². The second-order valence-corrected chi connectivity index (χ2v) is 5.61. The Balaban J connectivity index is 2.08. The van der Waals surface area contributed by atoms with Gasteiger partial charge in [-0.3, -0.25) is 0 Å². The third-order valence-corrected chi connectivity index (χ3v) is 3.73. The number of nitriles is 1. The number of H-pyrrole nitrogens is 1. The van der Waals surface area contributed by atoms with Gasteiger partial charge in [-0.2, -0.15) is 18.4 Å². The largest absolute Gasteiger partial charge is 0.417 e. The molecular weight excluding hydrogens is 365 g/mol. The quantitative estimate of drug-likeness (QED) is 0.531. The van der Waals surface area contributed by atoms with E-state index in [1.54, 1.807) is 0 Å². The lowest BCUT2D eigenvalue weighted by atomic mass is 10.1. The predicted octanol–water partition coefficient (Wildman–Crippen LogP) is 1.68. The normalized spacial score (nSPS) is 12.7. The van der Waals surface area contributed by atoms with E-state index in [-0.39, 0.29) is 40.3 Å². The van der Waals surface area contributed by atoms with E-state index in [0.29, 0.717) is 0 Å². The standard InChI is InChI=1S/C16H13F3N6O2/c17-16(18,19)9-1-11-12(6-22-14(11)21-4-9)13-8(2-20)3-23-15(25-13)24-5-10(27)7-26/h1,3-4,6,10,26-27H,5,7H2,(H,21,22)(H,23,24,25)/t10-/m1/s1. The maximum absolute atomic E-state index is 13.0. The Bertz CT molecular complexity index is 1010. The van der Waals surface area contributed by atoms with Crippen molar-refractivity contribution in [3.63, 3.8) is 0 Å². The summed E-state index contributed by atoms with van der Waals surface area (Å²) in [4.78, 5) is 14.6. The van der Waals surface area contributed by atoms with Gasteiger partial charge in [0.15, 0.2) is 0 Å². The van der Waals surface area contributed by atoms with E-state index in [9.17, 15) is 23.5 Å². The van der Waals surface area contributed by atoms with Gasteiger partial charge in [-0.1, -0.05) is 0 Å². The Morgan fingerprint density at radius 3 is 2.74 bits per heavy atom. The highest BCUT2D eigenvalue weighted by molar-refractivity contribution is 5.94. The molecule has 0 aromatic carbocycles. The second kappa shape index (κ2) is 7.18. The number of aromatic nitrogens is 4. The summed E-state index contributed by atoms with van der Waals surface area (Å²) in [5.41, 5.74) is -0.283. The lowest BCUT2D eigenvalue weighted by Crippen LogP contribution is -2.23. The number of pyridine rings is 1. The van der Waals surface area contributed by atoms with Gasteiger partial charge in [0.25, 0.3) is 0 Å². The van der Waals surface area contributed by atoms with Crippen LogP contribution >= 0.6 is 0 Å². The molecule has 27 heavy (non-hydrogen) atoms. The van der Waals surface area contributed by atoms with Crippen LogP contribution in [0.4, 0.5) is 19.1 Å². The van der Waals surface area contributed by atoms with E-state index >= 15 is 0 Å². The number of rotatable bonds is 5. The summed E-state index contributed by atoms with van der Waals surface area (Å²) in [5, 5.41) is 30.3. The van der Waals surface area contributed by atoms with Crippen LogP contribution in [0.5, 0.6) is 0 Å². The van der Waals surface area contributed by atoms with Crippen LogP contribution in [0.1, 0.15) is 11.1 Å². The molecule has 0 unspecified atom stereocenters. The SMILES string of the molecule is N#Cc1cnc(NC[C@@H](O)CO)nc1-c1c[nH]c2ncc(C(F)(F)F)cc12. The first-order chi connectivity index (χ1) is 12.8. The fourth-order valence-corrected chi connectivity index (χ4v) is 2.38. The number of anilines is 1. The van der Waals surface area contributed by atoms with Gasteiger partial charge >= 0.3 is 6.18 Å². The molecule has 3 aromatic heterocycles. The first-order valence-electron chi connectivity index (χ1n) is 7.68. The Morgan fingerprint density at radius 2 is 2.07 bits per heavy atom. The molecule has 0 fully saturated rings. The molecule has 3 rings (SSSR count). The number of aliphatic hydroxyl groups excluding tert-OH is 2. The lowest BCUT2D eigenvalue weighted by molar-refractivity contribution is -0.137. The van der Waals surface area contributed by atoms with Gasteiger partial charge in [0.1, 0.15) is 11.7 Å². The van der Waals surface area contributed by atoms with E-state index in [1.807, 2.05) is 6.07 Å². The number of hydrogen-bond acceptors (Lipinski definition) is 7. The summed E-state index contributed by atoms with van der Waals surface area (Å²) < 4.78 is 39.0. The highest BCUT2D eigenvalue weighted by atomic mass is 19.4. The predicted molar refractivity (Wildman–Crippen MR) is 88.4 cm³/mol. The molecule has 11 heteroatoms. The van der Waals surface area contributed by atoms with Crippen molar-refractivity contribution < 1.29 is 23.4 Å². The number of hydrogen-bond donors (Lipinski definition) is 4. The van der Waals surface area contributed by atoms with Crippen LogP contribution in [0.15, 0.2) is 24.7 Å². The molecule has 3 aromatic rings. The molecule has 1 atom stereocenters. The van der Waals surface area contributed by atoms with Crippen molar-refractivity contribution in [2.75, 3.05) is 18.5 Å². The highest BCUT2D eigenvalue weighted by Gasteiger charge is 2.31. The first-order valence-corrected chi connectivity index (χ1v) is 7.68. The fraction of sp³-hybridized carbons (Fsp3) is 0.250. The van der Waals surface area contributed by atoms with Gasteiger partial charge in [-0.15, -0.1) is 0 Å². The zero-order valence-corrected chi connectivity index (χ0v) is 13.6. The van der Waals surface area contributed by atoms with Crippen molar-refractivity contribution in [3.05, 3.63) is 35.8 Å². The summed E-state index contributed by atoms with van der Waals surface area (Å²) >= 11 is 0. The second-order valence-electron chi connectivity index (χ2n) is 5.61. The Kier molecular flexibility index (Phi) is 4.93. The smallest absolute Gasteiger partial charge is 0.394 e. The van der Waals surface area contributed by atoms with Crippen molar-refractivity contribution in [1.29, 1.82) is 5.26 Å². The molecule has 4 N–H and O–H groups in total. The molecule has 0 aliphatic heterocycles.